The van der Waals surface area contributed by atoms with E-state index in [9.17, 15) is 17.6 Å². The number of benzene rings is 2. The van der Waals surface area contributed by atoms with Gasteiger partial charge in [-0.25, -0.2) is 17.5 Å². The molecule has 0 unspecified atom stereocenters. The van der Waals surface area contributed by atoms with E-state index in [0.717, 1.165) is 36.2 Å². The molecule has 3 N–H and O–H groups in total. The zero-order valence-corrected chi connectivity index (χ0v) is 15.5. The topological polar surface area (TPSA) is 104 Å². The highest BCUT2D eigenvalue weighted by Gasteiger charge is 2.30. The molecule has 0 aliphatic heterocycles. The number of hydrogen-bond acceptors (Lipinski definition) is 4. The fourth-order valence-corrected chi connectivity index (χ4v) is 4.10. The van der Waals surface area contributed by atoms with Crippen LogP contribution < -0.4 is 10.0 Å². The maximum absolute atomic E-state index is 14.0. The van der Waals surface area contributed by atoms with Crippen LogP contribution in [0.1, 0.15) is 23.2 Å². The van der Waals surface area contributed by atoms with Crippen LogP contribution in [-0.2, 0) is 10.0 Å². The maximum Gasteiger partial charge on any atom is 0.255 e. The molecule has 1 aromatic heterocycles. The second-order valence-electron chi connectivity index (χ2n) is 6.54. The fraction of sp³-hybridized carbons (Fsp3) is 0.158. The van der Waals surface area contributed by atoms with Crippen molar-refractivity contribution >= 4 is 21.6 Å². The number of halogens is 1. The van der Waals surface area contributed by atoms with E-state index < -0.39 is 26.6 Å². The Labute approximate surface area is 161 Å². The Balaban J connectivity index is 1.52. The Morgan fingerprint density at radius 3 is 2.50 bits per heavy atom. The Bertz CT molecular complexity index is 1110. The number of aromatic nitrogens is 2. The number of amides is 1. The van der Waals surface area contributed by atoms with Crippen molar-refractivity contribution in [3.63, 3.8) is 0 Å². The number of nitrogens with one attached hydrogen (secondary N) is 3. The van der Waals surface area contributed by atoms with E-state index >= 15 is 0 Å². The molecule has 1 amide bonds. The van der Waals surface area contributed by atoms with Gasteiger partial charge in [0.25, 0.3) is 5.91 Å². The molecule has 0 radical (unpaired) electrons. The zero-order valence-electron chi connectivity index (χ0n) is 14.6. The Morgan fingerprint density at radius 1 is 1.11 bits per heavy atom. The van der Waals surface area contributed by atoms with Gasteiger partial charge in [0, 0.05) is 23.5 Å². The van der Waals surface area contributed by atoms with Crippen LogP contribution in [-0.4, -0.2) is 30.6 Å². The lowest BCUT2D eigenvalue weighted by Gasteiger charge is -2.10. The molecule has 28 heavy (non-hydrogen) atoms. The van der Waals surface area contributed by atoms with Gasteiger partial charge in [0.15, 0.2) is 0 Å². The van der Waals surface area contributed by atoms with Crippen LogP contribution >= 0.6 is 0 Å². The van der Waals surface area contributed by atoms with Gasteiger partial charge >= 0.3 is 0 Å². The minimum Gasteiger partial charge on any atom is -0.322 e. The van der Waals surface area contributed by atoms with E-state index in [1.54, 1.807) is 18.3 Å². The molecule has 2 aromatic carbocycles. The second kappa shape index (κ2) is 7.17. The summed E-state index contributed by atoms with van der Waals surface area (Å²) in [4.78, 5) is 12.0. The van der Waals surface area contributed by atoms with Crippen molar-refractivity contribution in [1.29, 1.82) is 0 Å². The smallest absolute Gasteiger partial charge is 0.255 e. The lowest BCUT2D eigenvalue weighted by atomic mass is 10.1. The van der Waals surface area contributed by atoms with E-state index in [0.29, 0.717) is 5.69 Å². The van der Waals surface area contributed by atoms with Crippen molar-refractivity contribution in [2.75, 3.05) is 5.32 Å². The molecule has 0 atom stereocenters. The average Bonchev–Trinajstić information content (AvgIpc) is 3.30. The van der Waals surface area contributed by atoms with Crippen LogP contribution in [0.5, 0.6) is 0 Å². The number of H-pyrrole nitrogens is 1. The summed E-state index contributed by atoms with van der Waals surface area (Å²) in [6.45, 7) is 0. The quantitative estimate of drug-likeness (QED) is 0.592. The third kappa shape index (κ3) is 3.95. The molecule has 144 valence electrons. The molecule has 1 aliphatic carbocycles. The molecule has 0 bridgehead atoms. The van der Waals surface area contributed by atoms with Gasteiger partial charge in [0.05, 0.1) is 5.69 Å². The Morgan fingerprint density at radius 2 is 1.86 bits per heavy atom. The number of hydrogen-bond donors (Lipinski definition) is 3. The number of sulfonamides is 1. The third-order valence-corrected chi connectivity index (χ3v) is 5.87. The van der Waals surface area contributed by atoms with Gasteiger partial charge < -0.3 is 5.32 Å². The summed E-state index contributed by atoms with van der Waals surface area (Å²) in [5.41, 5.74) is 2.32. The number of aromatic amines is 1. The summed E-state index contributed by atoms with van der Waals surface area (Å²) < 4.78 is 41.1. The lowest BCUT2D eigenvalue weighted by Crippen LogP contribution is -2.27. The highest BCUT2D eigenvalue weighted by Crippen LogP contribution is 2.24. The summed E-state index contributed by atoms with van der Waals surface area (Å²) in [5.74, 6) is -1.43. The maximum atomic E-state index is 14.0. The normalized spacial score (nSPS) is 14.0. The predicted molar refractivity (Wildman–Crippen MR) is 102 cm³/mol. The van der Waals surface area contributed by atoms with Gasteiger partial charge in [0.2, 0.25) is 10.0 Å². The first kappa shape index (κ1) is 18.3. The first-order valence-corrected chi connectivity index (χ1v) is 10.1. The Kier molecular flexibility index (Phi) is 4.70. The van der Waals surface area contributed by atoms with Crippen LogP contribution in [0.25, 0.3) is 11.3 Å². The van der Waals surface area contributed by atoms with E-state index in [-0.39, 0.29) is 11.6 Å². The number of carbonyl (C=O) groups excluding carboxylic acids is 1. The van der Waals surface area contributed by atoms with E-state index in [1.807, 2.05) is 18.2 Å². The van der Waals surface area contributed by atoms with Crippen LogP contribution in [0.4, 0.5) is 10.1 Å². The largest absolute Gasteiger partial charge is 0.322 e. The van der Waals surface area contributed by atoms with Crippen molar-refractivity contribution in [2.24, 2.45) is 0 Å². The van der Waals surface area contributed by atoms with E-state index in [4.69, 9.17) is 0 Å². The molecule has 4 rings (SSSR count). The van der Waals surface area contributed by atoms with Crippen molar-refractivity contribution in [3.05, 3.63) is 66.1 Å². The summed E-state index contributed by atoms with van der Waals surface area (Å²) in [7, 11) is -4.00. The van der Waals surface area contributed by atoms with Gasteiger partial charge in [-0.1, -0.05) is 12.1 Å². The standard InChI is InChI=1S/C19H17FN4O3S/c20-16-8-3-13(11-18(16)28(26,27)24-15-6-7-15)19(25)22-14-4-1-12(2-5-14)17-9-10-21-23-17/h1-5,8-11,15,24H,6-7H2,(H,21,23)(H,22,25). The lowest BCUT2D eigenvalue weighted by molar-refractivity contribution is 0.102. The number of rotatable bonds is 6. The highest BCUT2D eigenvalue weighted by atomic mass is 32.2. The average molecular weight is 400 g/mol. The predicted octanol–water partition coefficient (Wildman–Crippen LogP) is 2.91. The number of carbonyl (C=O) groups is 1. The van der Waals surface area contributed by atoms with Crippen LogP contribution in [0.3, 0.4) is 0 Å². The third-order valence-electron chi connectivity index (χ3n) is 4.34. The van der Waals surface area contributed by atoms with Crippen molar-refractivity contribution in [3.8, 4) is 11.3 Å². The second-order valence-corrected chi connectivity index (χ2v) is 8.22. The van der Waals surface area contributed by atoms with Crippen molar-refractivity contribution in [1.82, 2.24) is 14.9 Å². The van der Waals surface area contributed by atoms with Gasteiger partial charge in [-0.05, 0) is 54.8 Å². The van der Waals surface area contributed by atoms with E-state index in [1.165, 1.54) is 6.07 Å². The molecule has 0 spiro atoms. The summed E-state index contributed by atoms with van der Waals surface area (Å²) >= 11 is 0. The Hall–Kier alpha value is -3.04. The zero-order chi connectivity index (χ0) is 19.7. The first-order valence-electron chi connectivity index (χ1n) is 8.65. The van der Waals surface area contributed by atoms with E-state index in [2.05, 4.69) is 20.2 Å². The highest BCUT2D eigenvalue weighted by molar-refractivity contribution is 7.89. The minimum absolute atomic E-state index is 0.0511. The van der Waals surface area contributed by atoms with Crippen molar-refractivity contribution in [2.45, 2.75) is 23.8 Å². The molecule has 1 heterocycles. The number of nitrogens with zero attached hydrogens (tertiary/aromatic N) is 1. The van der Waals surface area contributed by atoms with Gasteiger partial charge in [-0.15, -0.1) is 0 Å². The summed E-state index contributed by atoms with van der Waals surface area (Å²) in [6, 6.07) is 12.0. The molecule has 3 aromatic rings. The van der Waals surface area contributed by atoms with Crippen LogP contribution in [0.15, 0.2) is 59.6 Å². The molecule has 1 fully saturated rings. The summed E-state index contributed by atoms with van der Waals surface area (Å²) in [6.07, 6.45) is 3.11. The number of anilines is 1. The molecule has 1 saturated carbocycles. The molecule has 9 heteroatoms. The fourth-order valence-electron chi connectivity index (χ4n) is 2.69. The van der Waals surface area contributed by atoms with Crippen LogP contribution in [0, 0.1) is 5.82 Å². The molecular weight excluding hydrogens is 383 g/mol. The van der Waals surface area contributed by atoms with Crippen molar-refractivity contribution < 1.29 is 17.6 Å². The minimum atomic E-state index is -4.00. The first-order chi connectivity index (χ1) is 13.4. The summed E-state index contributed by atoms with van der Waals surface area (Å²) in [5, 5.41) is 9.41. The molecular formula is C19H17FN4O3S. The molecule has 7 nitrogen and oxygen atoms in total. The van der Waals surface area contributed by atoms with Gasteiger partial charge in [-0.3, -0.25) is 9.89 Å². The van der Waals surface area contributed by atoms with Crippen LogP contribution in [0.2, 0.25) is 0 Å². The van der Waals surface area contributed by atoms with Gasteiger partial charge in [0.1, 0.15) is 10.7 Å². The molecule has 1 aliphatic rings. The monoisotopic (exact) mass is 400 g/mol. The van der Waals surface area contributed by atoms with Gasteiger partial charge in [-0.2, -0.15) is 5.10 Å². The molecule has 0 saturated heterocycles. The SMILES string of the molecule is O=C(Nc1ccc(-c2ccn[nH]2)cc1)c1ccc(F)c(S(=O)(=O)NC2CC2)c1.